The monoisotopic (exact) mass is 316 g/mol. The Balaban J connectivity index is 1.67. The van der Waals surface area contributed by atoms with Gasteiger partial charge in [-0.2, -0.15) is 11.8 Å². The van der Waals surface area contributed by atoms with Crippen molar-refractivity contribution in [3.63, 3.8) is 0 Å². The summed E-state index contributed by atoms with van der Waals surface area (Å²) in [5, 5.41) is 0. The SMILES string of the molecule is CSC[C@@]12CCC[C@H]1[C@@H]1CCC3=CC(=O)C=C[C@]3(C)[C@H]1CC2. The molecule has 3 fully saturated rings. The molecule has 4 aliphatic rings. The molecule has 0 aliphatic heterocycles. The largest absolute Gasteiger partial charge is 0.290 e. The van der Waals surface area contributed by atoms with Crippen LogP contribution in [0.15, 0.2) is 23.8 Å². The first kappa shape index (κ1) is 15.1. The van der Waals surface area contributed by atoms with Crippen molar-refractivity contribution in [3.8, 4) is 0 Å². The van der Waals surface area contributed by atoms with Gasteiger partial charge in [0.1, 0.15) is 0 Å². The van der Waals surface area contributed by atoms with Crippen molar-refractivity contribution in [2.45, 2.75) is 51.9 Å². The highest BCUT2D eigenvalue weighted by Crippen LogP contribution is 2.65. The first-order chi connectivity index (χ1) is 10.6. The summed E-state index contributed by atoms with van der Waals surface area (Å²) in [6, 6.07) is 0. The third-order valence-electron chi connectivity index (χ3n) is 7.51. The number of carbonyl (C=O) groups excluding carboxylic acids is 1. The summed E-state index contributed by atoms with van der Waals surface area (Å²) in [6.45, 7) is 2.41. The molecule has 0 amide bonds. The van der Waals surface area contributed by atoms with E-state index in [1.807, 2.05) is 12.2 Å². The minimum Gasteiger partial charge on any atom is -0.290 e. The fourth-order valence-electron chi connectivity index (χ4n) is 6.53. The zero-order valence-corrected chi connectivity index (χ0v) is 14.8. The van der Waals surface area contributed by atoms with E-state index in [9.17, 15) is 4.79 Å². The van der Waals surface area contributed by atoms with Gasteiger partial charge in [0.25, 0.3) is 0 Å². The van der Waals surface area contributed by atoms with Crippen molar-refractivity contribution in [3.05, 3.63) is 23.8 Å². The third-order valence-corrected chi connectivity index (χ3v) is 8.38. The second kappa shape index (κ2) is 5.26. The number of allylic oxidation sites excluding steroid dienone is 4. The van der Waals surface area contributed by atoms with E-state index in [4.69, 9.17) is 0 Å². The number of hydrogen-bond acceptors (Lipinski definition) is 2. The van der Waals surface area contributed by atoms with E-state index < -0.39 is 0 Å². The van der Waals surface area contributed by atoms with Crippen molar-refractivity contribution < 1.29 is 4.79 Å². The lowest BCUT2D eigenvalue weighted by atomic mass is 9.48. The number of rotatable bonds is 2. The highest BCUT2D eigenvalue weighted by molar-refractivity contribution is 7.98. The fourth-order valence-corrected chi connectivity index (χ4v) is 7.61. The number of hydrogen-bond donors (Lipinski definition) is 0. The van der Waals surface area contributed by atoms with Crippen LogP contribution in [0, 0.1) is 28.6 Å². The average Bonchev–Trinajstić information content (AvgIpc) is 2.92. The summed E-state index contributed by atoms with van der Waals surface area (Å²) < 4.78 is 0. The predicted molar refractivity (Wildman–Crippen MR) is 93.9 cm³/mol. The minimum atomic E-state index is 0.172. The van der Waals surface area contributed by atoms with E-state index in [0.29, 0.717) is 5.41 Å². The first-order valence-corrected chi connectivity index (χ1v) is 10.4. The van der Waals surface area contributed by atoms with Gasteiger partial charge in [-0.05, 0) is 85.9 Å². The molecule has 5 atom stereocenters. The Morgan fingerprint density at radius 3 is 2.91 bits per heavy atom. The van der Waals surface area contributed by atoms with Gasteiger partial charge in [0.2, 0.25) is 0 Å². The molecule has 0 N–H and O–H groups in total. The maximum absolute atomic E-state index is 11.8. The molecule has 22 heavy (non-hydrogen) atoms. The summed E-state index contributed by atoms with van der Waals surface area (Å²) in [5.74, 6) is 4.19. The summed E-state index contributed by atoms with van der Waals surface area (Å²) in [4.78, 5) is 11.8. The fraction of sp³-hybridized carbons (Fsp3) is 0.750. The molecular weight excluding hydrogens is 288 g/mol. The molecule has 2 heteroatoms. The maximum Gasteiger partial charge on any atom is 0.178 e. The second-order valence-corrected chi connectivity index (χ2v) is 9.20. The molecule has 3 saturated carbocycles. The Morgan fingerprint density at radius 1 is 1.23 bits per heavy atom. The zero-order chi connectivity index (χ0) is 15.4. The quantitative estimate of drug-likeness (QED) is 0.711. The number of ketones is 1. The Labute approximate surface area is 139 Å². The van der Waals surface area contributed by atoms with E-state index in [0.717, 1.165) is 24.2 Å². The molecule has 0 radical (unpaired) electrons. The number of carbonyl (C=O) groups is 1. The van der Waals surface area contributed by atoms with Crippen LogP contribution >= 0.6 is 11.8 Å². The standard InChI is InChI=1S/C20H28OS/c1-19-10-7-15(21)12-14(19)5-6-16-17(19)8-11-20(13-22-2)9-3-4-18(16)20/h7,10,12,16-18H,3-6,8-9,11,13H2,1-2H3/t16-,17+,18+,19+,20+/m1/s1. The molecular formula is C20H28OS. The van der Waals surface area contributed by atoms with Crippen LogP contribution in [0.3, 0.4) is 0 Å². The topological polar surface area (TPSA) is 17.1 Å². The van der Waals surface area contributed by atoms with Crippen LogP contribution in [0.2, 0.25) is 0 Å². The van der Waals surface area contributed by atoms with Crippen LogP contribution in [0.5, 0.6) is 0 Å². The van der Waals surface area contributed by atoms with Gasteiger partial charge >= 0.3 is 0 Å². The average molecular weight is 317 g/mol. The smallest absolute Gasteiger partial charge is 0.178 e. The van der Waals surface area contributed by atoms with Gasteiger partial charge < -0.3 is 0 Å². The lowest BCUT2D eigenvalue weighted by Gasteiger charge is -2.56. The molecule has 1 nitrogen and oxygen atoms in total. The van der Waals surface area contributed by atoms with Crippen molar-refractivity contribution in [1.82, 2.24) is 0 Å². The van der Waals surface area contributed by atoms with Crippen molar-refractivity contribution in [2.24, 2.45) is 28.6 Å². The predicted octanol–water partition coefficient (Wildman–Crippen LogP) is 5.03. The molecule has 4 rings (SSSR count). The summed E-state index contributed by atoms with van der Waals surface area (Å²) >= 11 is 2.07. The molecule has 0 unspecified atom stereocenters. The minimum absolute atomic E-state index is 0.172. The van der Waals surface area contributed by atoms with E-state index >= 15 is 0 Å². The molecule has 0 aromatic carbocycles. The summed E-state index contributed by atoms with van der Waals surface area (Å²) in [5.41, 5.74) is 2.24. The molecule has 4 aliphatic carbocycles. The molecule has 0 aromatic rings. The van der Waals surface area contributed by atoms with E-state index in [2.05, 4.69) is 31.0 Å². The molecule has 0 aromatic heterocycles. The molecule has 120 valence electrons. The number of fused-ring (bicyclic) bond motifs is 5. The van der Waals surface area contributed by atoms with Crippen molar-refractivity contribution in [2.75, 3.05) is 12.0 Å². The van der Waals surface area contributed by atoms with Gasteiger partial charge in [-0.3, -0.25) is 4.79 Å². The molecule has 0 bridgehead atoms. The van der Waals surface area contributed by atoms with E-state index in [1.54, 1.807) is 0 Å². The highest BCUT2D eigenvalue weighted by Gasteiger charge is 2.56. The van der Waals surface area contributed by atoms with Gasteiger partial charge in [0.15, 0.2) is 5.78 Å². The molecule has 0 spiro atoms. The van der Waals surface area contributed by atoms with Crippen LogP contribution in [0.25, 0.3) is 0 Å². The van der Waals surface area contributed by atoms with Gasteiger partial charge in [-0.25, -0.2) is 0 Å². The third kappa shape index (κ3) is 2.02. The Hall–Kier alpha value is -0.500. The van der Waals surface area contributed by atoms with Crippen LogP contribution in [0.1, 0.15) is 51.9 Å². The van der Waals surface area contributed by atoms with Crippen LogP contribution in [-0.4, -0.2) is 17.8 Å². The first-order valence-electron chi connectivity index (χ1n) is 9.02. The highest BCUT2D eigenvalue weighted by atomic mass is 32.2. The Bertz CT molecular complexity index is 548. The molecule has 0 heterocycles. The van der Waals surface area contributed by atoms with Crippen LogP contribution in [-0.2, 0) is 4.79 Å². The van der Waals surface area contributed by atoms with Gasteiger partial charge in [-0.1, -0.05) is 25.0 Å². The zero-order valence-electron chi connectivity index (χ0n) is 13.9. The van der Waals surface area contributed by atoms with Crippen molar-refractivity contribution in [1.29, 1.82) is 0 Å². The normalized spacial score (nSPS) is 46.7. The van der Waals surface area contributed by atoms with Crippen molar-refractivity contribution >= 4 is 17.5 Å². The molecule has 0 saturated heterocycles. The second-order valence-electron chi connectivity index (χ2n) is 8.33. The van der Waals surface area contributed by atoms with Crippen LogP contribution < -0.4 is 0 Å². The van der Waals surface area contributed by atoms with Crippen LogP contribution in [0.4, 0.5) is 0 Å². The lowest BCUT2D eigenvalue weighted by Crippen LogP contribution is -2.49. The number of thioether (sulfide) groups is 1. The van der Waals surface area contributed by atoms with Gasteiger partial charge in [-0.15, -0.1) is 0 Å². The Morgan fingerprint density at radius 2 is 2.09 bits per heavy atom. The lowest BCUT2D eigenvalue weighted by molar-refractivity contribution is -0.111. The summed E-state index contributed by atoms with van der Waals surface area (Å²) in [6.07, 6.45) is 18.0. The van der Waals surface area contributed by atoms with E-state index in [-0.39, 0.29) is 11.2 Å². The van der Waals surface area contributed by atoms with E-state index in [1.165, 1.54) is 49.9 Å². The van der Waals surface area contributed by atoms with Gasteiger partial charge in [0.05, 0.1) is 0 Å². The van der Waals surface area contributed by atoms with Gasteiger partial charge in [0, 0.05) is 5.41 Å². The Kier molecular flexibility index (Phi) is 3.60. The maximum atomic E-state index is 11.8. The summed E-state index contributed by atoms with van der Waals surface area (Å²) in [7, 11) is 0.